The van der Waals surface area contributed by atoms with Gasteiger partial charge >= 0.3 is 0 Å². The van der Waals surface area contributed by atoms with Crippen LogP contribution in [0.4, 0.5) is 5.69 Å². The van der Waals surface area contributed by atoms with Crippen LogP contribution in [0.25, 0.3) is 22.6 Å². The van der Waals surface area contributed by atoms with Crippen LogP contribution in [0.15, 0.2) is 12.1 Å². The smallest absolute Gasteiger partial charge is 0.163 e. The maximum Gasteiger partial charge on any atom is 0.163 e. The Kier molecular flexibility index (Phi) is 7.87. The summed E-state index contributed by atoms with van der Waals surface area (Å²) in [6.07, 6.45) is 3.38. The van der Waals surface area contributed by atoms with Crippen molar-refractivity contribution in [2.45, 2.75) is 91.0 Å². The van der Waals surface area contributed by atoms with Gasteiger partial charge < -0.3 is 14.8 Å². The van der Waals surface area contributed by atoms with E-state index in [1.54, 1.807) is 0 Å². The van der Waals surface area contributed by atoms with E-state index in [4.69, 9.17) is 31.2 Å². The summed E-state index contributed by atoms with van der Waals surface area (Å²) in [4.78, 5) is 5.11. The zero-order chi connectivity index (χ0) is 28.2. The second-order valence-electron chi connectivity index (χ2n) is 14.3. The predicted molar refractivity (Wildman–Crippen MR) is 167 cm³/mol. The van der Waals surface area contributed by atoms with E-state index in [-0.39, 0.29) is 0 Å². The van der Waals surface area contributed by atoms with Gasteiger partial charge in [-0.25, -0.2) is 9.67 Å². The highest BCUT2D eigenvalue weighted by Gasteiger charge is 2.54. The molecule has 1 fully saturated rings. The molecule has 7 nitrogen and oxygen atoms in total. The molecule has 1 aromatic carbocycles. The Bertz CT molecular complexity index is 1360. The van der Waals surface area contributed by atoms with E-state index >= 15 is 0 Å². The molecule has 3 aromatic rings. The highest BCUT2D eigenvalue weighted by Crippen LogP contribution is 2.60. The van der Waals surface area contributed by atoms with Gasteiger partial charge in [0.05, 0.1) is 10.5 Å². The Balaban J connectivity index is 1.53. The fourth-order valence-corrected chi connectivity index (χ4v) is 7.37. The standard InChI is InChI=1S/C29H46ClN5O2Si2/c1-29-16-20(29)13-22-25(17-29)35(19-37-10-12-39(6,7)8)33-26(22)28-32-27-23(30)14-21(31-2)15-24(27)34(28)18-36-9-11-38(3,4)5/h14-15,20,31H,9-13,16-19H2,1-8H3/t20-,29-/m1/s1. The lowest BCUT2D eigenvalue weighted by atomic mass is 9.87. The first-order valence-corrected chi connectivity index (χ1v) is 22.2. The summed E-state index contributed by atoms with van der Waals surface area (Å²) in [5, 5.41) is 9.06. The van der Waals surface area contributed by atoms with Crippen LogP contribution in [-0.4, -0.2) is 55.7 Å². The topological polar surface area (TPSA) is 66.1 Å². The van der Waals surface area contributed by atoms with Crippen LogP contribution in [0.3, 0.4) is 0 Å². The van der Waals surface area contributed by atoms with E-state index in [0.29, 0.717) is 23.9 Å². The molecular weight excluding hydrogens is 542 g/mol. The molecule has 0 spiro atoms. The number of rotatable bonds is 12. The number of ether oxygens (including phenoxy) is 2. The van der Waals surface area contributed by atoms with E-state index in [9.17, 15) is 0 Å². The monoisotopic (exact) mass is 587 g/mol. The molecule has 0 amide bonds. The van der Waals surface area contributed by atoms with Gasteiger partial charge in [-0.1, -0.05) is 57.8 Å². The molecule has 39 heavy (non-hydrogen) atoms. The van der Waals surface area contributed by atoms with Gasteiger partial charge in [0.15, 0.2) is 5.82 Å². The summed E-state index contributed by atoms with van der Waals surface area (Å²) in [5.74, 6) is 1.56. The third kappa shape index (κ3) is 6.32. The average molecular weight is 588 g/mol. The Morgan fingerprint density at radius 2 is 1.72 bits per heavy atom. The molecule has 1 N–H and O–H groups in total. The van der Waals surface area contributed by atoms with Crippen molar-refractivity contribution in [1.82, 2.24) is 19.3 Å². The average Bonchev–Trinajstić information content (AvgIpc) is 3.19. The van der Waals surface area contributed by atoms with Crippen molar-refractivity contribution in [2.75, 3.05) is 25.6 Å². The summed E-state index contributed by atoms with van der Waals surface area (Å²) >= 11 is 6.76. The number of fused-ring (bicyclic) bond motifs is 3. The van der Waals surface area contributed by atoms with Crippen molar-refractivity contribution in [3.8, 4) is 11.5 Å². The lowest BCUT2D eigenvalue weighted by Crippen LogP contribution is -2.23. The molecule has 2 aliphatic rings. The summed E-state index contributed by atoms with van der Waals surface area (Å²) in [6.45, 7) is 19.2. The maximum absolute atomic E-state index is 6.76. The van der Waals surface area contributed by atoms with E-state index < -0.39 is 16.1 Å². The minimum atomic E-state index is -1.20. The molecule has 214 valence electrons. The number of nitrogens with zero attached hydrogens (tertiary/aromatic N) is 4. The second-order valence-corrected chi connectivity index (χ2v) is 26.0. The molecule has 5 rings (SSSR count). The van der Waals surface area contributed by atoms with Crippen LogP contribution in [0.5, 0.6) is 0 Å². The summed E-state index contributed by atoms with van der Waals surface area (Å²) in [7, 11) is -0.436. The molecule has 0 aliphatic heterocycles. The molecule has 2 atom stereocenters. The third-order valence-electron chi connectivity index (χ3n) is 8.46. The number of hydrogen-bond donors (Lipinski definition) is 1. The number of halogens is 1. The van der Waals surface area contributed by atoms with Crippen LogP contribution >= 0.6 is 11.6 Å². The Hall–Kier alpha value is -1.66. The lowest BCUT2D eigenvalue weighted by molar-refractivity contribution is 0.0756. The van der Waals surface area contributed by atoms with E-state index in [1.165, 1.54) is 17.7 Å². The first-order chi connectivity index (χ1) is 18.3. The quantitative estimate of drug-likeness (QED) is 0.177. The molecule has 10 heteroatoms. The second kappa shape index (κ2) is 10.6. The zero-order valence-corrected chi connectivity index (χ0v) is 27.8. The zero-order valence-electron chi connectivity index (χ0n) is 25.1. The predicted octanol–water partition coefficient (Wildman–Crippen LogP) is 7.34. The Morgan fingerprint density at radius 3 is 2.36 bits per heavy atom. The number of nitrogens with one attached hydrogen (secondary N) is 1. The van der Waals surface area contributed by atoms with Gasteiger partial charge in [0.25, 0.3) is 0 Å². The molecule has 0 saturated heterocycles. The normalized spacial score (nSPS) is 20.8. The van der Waals surface area contributed by atoms with Crippen LogP contribution in [0.2, 0.25) is 56.4 Å². The molecule has 2 aromatic heterocycles. The number of benzene rings is 1. The molecule has 2 heterocycles. The highest BCUT2D eigenvalue weighted by atomic mass is 35.5. The van der Waals surface area contributed by atoms with Gasteiger partial charge in [-0.3, -0.25) is 4.57 Å². The van der Waals surface area contributed by atoms with Gasteiger partial charge in [-0.05, 0) is 54.8 Å². The number of aromatic nitrogens is 4. The van der Waals surface area contributed by atoms with Gasteiger partial charge in [0.2, 0.25) is 0 Å². The van der Waals surface area contributed by atoms with Crippen molar-refractivity contribution in [2.24, 2.45) is 11.3 Å². The van der Waals surface area contributed by atoms with Crippen LogP contribution in [0.1, 0.15) is 24.6 Å². The van der Waals surface area contributed by atoms with E-state index in [2.05, 4.69) is 66.8 Å². The molecular formula is C29H46ClN5O2Si2. The number of imidazole rings is 1. The fraction of sp³-hybridized carbons (Fsp3) is 0.655. The van der Waals surface area contributed by atoms with Gasteiger partial charge in [-0.2, -0.15) is 5.10 Å². The first-order valence-electron chi connectivity index (χ1n) is 14.4. The van der Waals surface area contributed by atoms with Crippen molar-refractivity contribution in [3.05, 3.63) is 28.4 Å². The van der Waals surface area contributed by atoms with E-state index in [0.717, 1.165) is 72.3 Å². The summed E-state index contributed by atoms with van der Waals surface area (Å²) in [5.41, 5.74) is 6.71. The summed E-state index contributed by atoms with van der Waals surface area (Å²) < 4.78 is 16.8. The number of hydrogen-bond acceptors (Lipinski definition) is 5. The largest absolute Gasteiger partial charge is 0.388 e. The third-order valence-corrected chi connectivity index (χ3v) is 12.2. The highest BCUT2D eigenvalue weighted by molar-refractivity contribution is 6.76. The van der Waals surface area contributed by atoms with Crippen LogP contribution in [0, 0.1) is 11.3 Å². The van der Waals surface area contributed by atoms with Crippen LogP contribution < -0.4 is 5.32 Å². The van der Waals surface area contributed by atoms with Gasteiger partial charge in [-0.15, -0.1) is 0 Å². The van der Waals surface area contributed by atoms with Gasteiger partial charge in [0, 0.05) is 53.4 Å². The van der Waals surface area contributed by atoms with Gasteiger partial charge in [0.1, 0.15) is 24.7 Å². The van der Waals surface area contributed by atoms with Crippen molar-refractivity contribution >= 4 is 44.5 Å². The SMILES string of the molecule is CNc1cc(Cl)c2nc(-c3nn(COCC[Si](C)(C)C)c4c3C[C@@H]3C[C@]3(C)C4)n(COCC[Si](C)(C)C)c2c1. The summed E-state index contributed by atoms with van der Waals surface area (Å²) in [6, 6.07) is 6.32. The minimum Gasteiger partial charge on any atom is -0.388 e. The van der Waals surface area contributed by atoms with E-state index in [1.807, 2.05) is 13.1 Å². The molecule has 0 radical (unpaired) electrons. The molecule has 2 aliphatic carbocycles. The fourth-order valence-electron chi connectivity index (χ4n) is 5.60. The molecule has 0 unspecified atom stereocenters. The maximum atomic E-state index is 6.76. The number of anilines is 1. The minimum absolute atomic E-state index is 0.394. The Morgan fingerprint density at radius 1 is 1.05 bits per heavy atom. The lowest BCUT2D eigenvalue weighted by Gasteiger charge is -2.20. The van der Waals surface area contributed by atoms with Crippen molar-refractivity contribution in [3.63, 3.8) is 0 Å². The van der Waals surface area contributed by atoms with Crippen molar-refractivity contribution < 1.29 is 9.47 Å². The Labute approximate surface area is 240 Å². The van der Waals surface area contributed by atoms with Crippen molar-refractivity contribution in [1.29, 1.82) is 0 Å². The molecule has 1 saturated carbocycles. The van der Waals surface area contributed by atoms with Crippen LogP contribution in [-0.2, 0) is 35.8 Å². The molecule has 0 bridgehead atoms. The first kappa shape index (κ1) is 28.9.